The van der Waals surface area contributed by atoms with Gasteiger partial charge in [-0.2, -0.15) is 0 Å². The summed E-state index contributed by atoms with van der Waals surface area (Å²) in [6.45, 7) is 6.59. The first-order valence-corrected chi connectivity index (χ1v) is 8.32. The van der Waals surface area contributed by atoms with Gasteiger partial charge in [0, 0.05) is 34.8 Å². The normalized spacial score (nSPS) is 11.7. The Hall–Kier alpha value is -2.68. The van der Waals surface area contributed by atoms with Crippen LogP contribution in [0.5, 0.6) is 0 Å². The van der Waals surface area contributed by atoms with Crippen LogP contribution >= 0.6 is 0 Å². The number of aryl methyl sites for hydroxylation is 2. The highest BCUT2D eigenvalue weighted by atomic mass is 16.3. The molecule has 0 amide bonds. The van der Waals surface area contributed by atoms with E-state index in [1.165, 1.54) is 22.4 Å². The minimum atomic E-state index is 0.515. The predicted octanol–water partition coefficient (Wildman–Crippen LogP) is 4.90. The summed E-state index contributed by atoms with van der Waals surface area (Å²) in [4.78, 5) is 4.29. The number of furan rings is 1. The molecule has 0 spiro atoms. The number of rotatable bonds is 2. The summed E-state index contributed by atoms with van der Waals surface area (Å²) in [7, 11) is 2.11. The summed E-state index contributed by atoms with van der Waals surface area (Å²) < 4.78 is 8.24. The first kappa shape index (κ1) is 14.9. The maximum atomic E-state index is 6.02. The summed E-state index contributed by atoms with van der Waals surface area (Å²) in [6, 6.07) is 10.5. The molecule has 4 rings (SSSR count). The third kappa shape index (κ3) is 2.20. The minimum Gasteiger partial charge on any atom is -0.456 e. The SMILES string of the molecule is Cc1ccc2oc3ccncc3c2c1-c1ccc(C(C)C)c[n+]1C. The van der Waals surface area contributed by atoms with Crippen LogP contribution < -0.4 is 4.57 Å². The highest BCUT2D eigenvalue weighted by Gasteiger charge is 2.21. The second-order valence-corrected chi connectivity index (χ2v) is 6.72. The Balaban J connectivity index is 2.08. The highest BCUT2D eigenvalue weighted by molar-refractivity contribution is 6.12. The number of hydrogen-bond acceptors (Lipinski definition) is 2. The van der Waals surface area contributed by atoms with Crippen molar-refractivity contribution in [2.75, 3.05) is 0 Å². The van der Waals surface area contributed by atoms with Gasteiger partial charge in [-0.15, -0.1) is 0 Å². The number of hydrogen-bond donors (Lipinski definition) is 0. The van der Waals surface area contributed by atoms with Crippen LogP contribution in [0.25, 0.3) is 33.2 Å². The smallest absolute Gasteiger partial charge is 0.213 e. The van der Waals surface area contributed by atoms with Crippen LogP contribution in [0.1, 0.15) is 30.9 Å². The van der Waals surface area contributed by atoms with Crippen LogP contribution in [0, 0.1) is 6.92 Å². The quantitative estimate of drug-likeness (QED) is 0.492. The Morgan fingerprint density at radius 2 is 1.88 bits per heavy atom. The second-order valence-electron chi connectivity index (χ2n) is 6.72. The lowest BCUT2D eigenvalue weighted by Crippen LogP contribution is -2.31. The van der Waals surface area contributed by atoms with E-state index in [0.717, 1.165) is 21.9 Å². The molecule has 3 aromatic heterocycles. The maximum Gasteiger partial charge on any atom is 0.213 e. The van der Waals surface area contributed by atoms with E-state index in [1.54, 1.807) is 6.20 Å². The van der Waals surface area contributed by atoms with Gasteiger partial charge < -0.3 is 4.42 Å². The average Bonchev–Trinajstić information content (AvgIpc) is 2.94. The van der Waals surface area contributed by atoms with Crippen molar-refractivity contribution >= 4 is 21.9 Å². The molecule has 0 unspecified atom stereocenters. The summed E-state index contributed by atoms with van der Waals surface area (Å²) in [6.07, 6.45) is 5.89. The summed E-state index contributed by atoms with van der Waals surface area (Å²) >= 11 is 0. The molecule has 0 N–H and O–H groups in total. The first-order chi connectivity index (χ1) is 11.6. The van der Waals surface area contributed by atoms with Crippen LogP contribution in [-0.4, -0.2) is 4.98 Å². The molecule has 0 aliphatic carbocycles. The largest absolute Gasteiger partial charge is 0.456 e. The van der Waals surface area contributed by atoms with Crippen LogP contribution in [0.15, 0.2) is 53.3 Å². The third-order valence-electron chi connectivity index (χ3n) is 4.72. The van der Waals surface area contributed by atoms with Crippen molar-refractivity contribution in [1.82, 2.24) is 4.98 Å². The van der Waals surface area contributed by atoms with Gasteiger partial charge in [0.05, 0.1) is 5.56 Å². The molecule has 0 fully saturated rings. The number of pyridine rings is 2. The van der Waals surface area contributed by atoms with E-state index < -0.39 is 0 Å². The van der Waals surface area contributed by atoms with Crippen LogP contribution in [-0.2, 0) is 7.05 Å². The predicted molar refractivity (Wildman–Crippen MR) is 97.0 cm³/mol. The highest BCUT2D eigenvalue weighted by Crippen LogP contribution is 2.37. The Morgan fingerprint density at radius 1 is 1.04 bits per heavy atom. The van der Waals surface area contributed by atoms with E-state index in [-0.39, 0.29) is 0 Å². The van der Waals surface area contributed by atoms with Crippen molar-refractivity contribution in [3.8, 4) is 11.3 Å². The Kier molecular flexibility index (Phi) is 3.38. The molecule has 0 saturated carbocycles. The Bertz CT molecular complexity index is 1060. The fourth-order valence-electron chi connectivity index (χ4n) is 3.38. The van der Waals surface area contributed by atoms with E-state index in [4.69, 9.17) is 4.42 Å². The van der Waals surface area contributed by atoms with Crippen molar-refractivity contribution in [1.29, 1.82) is 0 Å². The van der Waals surface area contributed by atoms with Gasteiger partial charge in [0.15, 0.2) is 6.20 Å². The second kappa shape index (κ2) is 5.45. The van der Waals surface area contributed by atoms with E-state index >= 15 is 0 Å². The Morgan fingerprint density at radius 3 is 2.62 bits per heavy atom. The molecule has 0 atom stereocenters. The average molecular weight is 317 g/mol. The lowest BCUT2D eigenvalue weighted by atomic mass is 9.97. The first-order valence-electron chi connectivity index (χ1n) is 8.32. The zero-order valence-electron chi connectivity index (χ0n) is 14.5. The monoisotopic (exact) mass is 317 g/mol. The third-order valence-corrected chi connectivity index (χ3v) is 4.72. The number of fused-ring (bicyclic) bond motifs is 3. The van der Waals surface area contributed by atoms with Gasteiger partial charge in [0.1, 0.15) is 18.2 Å². The summed E-state index contributed by atoms with van der Waals surface area (Å²) in [5.74, 6) is 0.515. The molecule has 0 bridgehead atoms. The van der Waals surface area contributed by atoms with Gasteiger partial charge in [-0.1, -0.05) is 19.9 Å². The molecular formula is C21H21N2O+. The zero-order chi connectivity index (χ0) is 16.8. The molecule has 0 saturated heterocycles. The molecule has 3 nitrogen and oxygen atoms in total. The van der Waals surface area contributed by atoms with Gasteiger partial charge in [0.2, 0.25) is 5.69 Å². The van der Waals surface area contributed by atoms with Crippen molar-refractivity contribution in [3.63, 3.8) is 0 Å². The minimum absolute atomic E-state index is 0.515. The molecule has 3 heteroatoms. The molecule has 4 aromatic rings. The molecule has 1 aromatic carbocycles. The van der Waals surface area contributed by atoms with Crippen molar-refractivity contribution in [2.24, 2.45) is 7.05 Å². The van der Waals surface area contributed by atoms with Gasteiger partial charge >= 0.3 is 0 Å². The van der Waals surface area contributed by atoms with E-state index in [2.05, 4.69) is 67.8 Å². The number of aromatic nitrogens is 2. The maximum absolute atomic E-state index is 6.02. The standard InChI is InChI=1S/C21H21N2O/c1-13(2)15-6-7-17(23(4)12-15)20-14(3)5-8-19-21(20)16-11-22-10-9-18(16)24-19/h5-13H,1-4H3/q+1. The molecule has 3 heterocycles. The van der Waals surface area contributed by atoms with Gasteiger partial charge in [-0.25, -0.2) is 4.57 Å². The number of nitrogens with zero attached hydrogens (tertiary/aromatic N) is 2. The van der Waals surface area contributed by atoms with E-state index in [1.807, 2.05) is 12.3 Å². The van der Waals surface area contributed by atoms with E-state index in [9.17, 15) is 0 Å². The fourth-order valence-corrected chi connectivity index (χ4v) is 3.38. The van der Waals surface area contributed by atoms with Gasteiger partial charge in [-0.05, 0) is 36.6 Å². The number of benzene rings is 1. The summed E-state index contributed by atoms with van der Waals surface area (Å²) in [5, 5.41) is 2.21. The van der Waals surface area contributed by atoms with Crippen molar-refractivity contribution in [3.05, 3.63) is 60.0 Å². The topological polar surface area (TPSA) is 29.9 Å². The van der Waals surface area contributed by atoms with E-state index in [0.29, 0.717) is 5.92 Å². The molecule has 0 aliphatic rings. The van der Waals surface area contributed by atoms with Crippen molar-refractivity contribution in [2.45, 2.75) is 26.7 Å². The molecule has 0 radical (unpaired) electrons. The molecule has 24 heavy (non-hydrogen) atoms. The molecular weight excluding hydrogens is 296 g/mol. The zero-order valence-corrected chi connectivity index (χ0v) is 14.5. The van der Waals surface area contributed by atoms with Crippen LogP contribution in [0.4, 0.5) is 0 Å². The Labute approximate surface area is 141 Å². The summed E-state index contributed by atoms with van der Waals surface area (Å²) in [5.41, 5.74) is 6.78. The fraction of sp³-hybridized carbons (Fsp3) is 0.238. The molecule has 0 aliphatic heterocycles. The lowest BCUT2D eigenvalue weighted by Gasteiger charge is -2.09. The van der Waals surface area contributed by atoms with Crippen LogP contribution in [0.3, 0.4) is 0 Å². The van der Waals surface area contributed by atoms with Crippen LogP contribution in [0.2, 0.25) is 0 Å². The lowest BCUT2D eigenvalue weighted by molar-refractivity contribution is -0.660. The van der Waals surface area contributed by atoms with Crippen molar-refractivity contribution < 1.29 is 8.98 Å². The van der Waals surface area contributed by atoms with Gasteiger partial charge in [0.25, 0.3) is 0 Å². The van der Waals surface area contributed by atoms with Gasteiger partial charge in [-0.3, -0.25) is 4.98 Å². The molecule has 120 valence electrons.